The number of aryl methyl sites for hydroxylation is 1. The standard InChI is InChI=1S/C13H15N4OS3/c1-3-4-5-11-15-16-13(19-11)20-21-8-9-6-7-10(18-2)14-12(9)17-21/h6-8H,3-5H2,1-2H3/q+1. The molecule has 1 unspecified atom stereocenters. The molecular weight excluding hydrogens is 324 g/mol. The molecule has 0 aliphatic heterocycles. The van der Waals surface area contributed by atoms with Crippen molar-refractivity contribution in [3.8, 4) is 5.88 Å². The van der Waals surface area contributed by atoms with E-state index in [9.17, 15) is 0 Å². The summed E-state index contributed by atoms with van der Waals surface area (Å²) in [7, 11) is 2.99. The minimum Gasteiger partial charge on any atom is -0.481 e. The predicted octanol–water partition coefficient (Wildman–Crippen LogP) is 4.14. The number of hydrogen-bond donors (Lipinski definition) is 0. The number of pyridine rings is 1. The molecule has 21 heavy (non-hydrogen) atoms. The largest absolute Gasteiger partial charge is 0.481 e. The second kappa shape index (κ2) is 6.67. The average molecular weight is 339 g/mol. The number of unbranched alkanes of at least 4 members (excludes halogenated alkanes) is 1. The van der Waals surface area contributed by atoms with Crippen molar-refractivity contribution in [2.45, 2.75) is 30.5 Å². The van der Waals surface area contributed by atoms with Crippen LogP contribution in [0.25, 0.3) is 11.0 Å². The maximum Gasteiger partial charge on any atom is 0.233 e. The zero-order valence-corrected chi connectivity index (χ0v) is 14.2. The monoisotopic (exact) mass is 339 g/mol. The van der Waals surface area contributed by atoms with Gasteiger partial charge in [-0.2, -0.15) is 4.98 Å². The molecule has 8 heteroatoms. The SMILES string of the molecule is CCCCc1nnc(S[s+]2cc3ccc(OC)nc3n2)s1. The minimum atomic E-state index is -0.271. The lowest BCUT2D eigenvalue weighted by atomic mass is 10.3. The molecule has 0 fully saturated rings. The van der Waals surface area contributed by atoms with Crippen molar-refractivity contribution < 1.29 is 4.74 Å². The molecule has 0 radical (unpaired) electrons. The van der Waals surface area contributed by atoms with Gasteiger partial charge in [-0.25, -0.2) is 0 Å². The highest BCUT2D eigenvalue weighted by Gasteiger charge is 2.19. The molecule has 0 saturated carbocycles. The van der Waals surface area contributed by atoms with E-state index in [1.54, 1.807) is 29.2 Å². The van der Waals surface area contributed by atoms with Crippen LogP contribution in [0.4, 0.5) is 0 Å². The molecule has 0 aliphatic rings. The molecule has 3 rings (SSSR count). The lowest BCUT2D eigenvalue weighted by Crippen LogP contribution is -1.86. The van der Waals surface area contributed by atoms with Crippen LogP contribution in [0, 0.1) is 0 Å². The Kier molecular flexibility index (Phi) is 4.67. The Hall–Kier alpha value is -1.25. The first kappa shape index (κ1) is 14.7. The topological polar surface area (TPSA) is 60.8 Å². The van der Waals surface area contributed by atoms with E-state index in [-0.39, 0.29) is 9.70 Å². The average Bonchev–Trinajstić information content (AvgIpc) is 3.10. The van der Waals surface area contributed by atoms with E-state index in [2.05, 4.69) is 31.9 Å². The molecule has 1 atom stereocenters. The Labute approximate surface area is 133 Å². The molecule has 3 aromatic heterocycles. The number of hydrogen-bond acceptors (Lipinski definition) is 7. The van der Waals surface area contributed by atoms with Crippen molar-refractivity contribution in [3.05, 3.63) is 22.5 Å². The van der Waals surface area contributed by atoms with Gasteiger partial charge in [0.05, 0.1) is 12.5 Å². The van der Waals surface area contributed by atoms with Crippen LogP contribution in [-0.4, -0.2) is 26.7 Å². The summed E-state index contributed by atoms with van der Waals surface area (Å²) in [6.07, 6.45) is 3.36. The summed E-state index contributed by atoms with van der Waals surface area (Å²) >= 11 is 1.67. The molecule has 0 spiro atoms. The van der Waals surface area contributed by atoms with Crippen molar-refractivity contribution in [2.24, 2.45) is 0 Å². The van der Waals surface area contributed by atoms with Crippen LogP contribution >= 0.6 is 31.8 Å². The third-order valence-corrected chi connectivity index (χ3v) is 7.14. The van der Waals surface area contributed by atoms with E-state index in [1.807, 2.05) is 12.1 Å². The molecule has 0 amide bonds. The van der Waals surface area contributed by atoms with Gasteiger partial charge in [0.1, 0.15) is 5.01 Å². The summed E-state index contributed by atoms with van der Waals surface area (Å²) in [5.74, 6) is 0.596. The van der Waals surface area contributed by atoms with Crippen LogP contribution in [0.15, 0.2) is 21.9 Å². The van der Waals surface area contributed by atoms with Crippen LogP contribution in [0.5, 0.6) is 5.88 Å². The quantitative estimate of drug-likeness (QED) is 0.497. The fourth-order valence-corrected chi connectivity index (χ4v) is 6.12. The van der Waals surface area contributed by atoms with Crippen LogP contribution in [0.1, 0.15) is 24.8 Å². The second-order valence-corrected chi connectivity index (χ2v) is 8.77. The maximum absolute atomic E-state index is 5.12. The van der Waals surface area contributed by atoms with Gasteiger partial charge in [-0.15, -0.1) is 10.2 Å². The van der Waals surface area contributed by atoms with E-state index < -0.39 is 0 Å². The Bertz CT molecular complexity index is 740. The van der Waals surface area contributed by atoms with Crippen molar-refractivity contribution in [1.29, 1.82) is 0 Å². The third-order valence-electron chi connectivity index (χ3n) is 2.84. The van der Waals surface area contributed by atoms with Gasteiger partial charge in [-0.1, -0.05) is 24.7 Å². The summed E-state index contributed by atoms with van der Waals surface area (Å²) in [4.78, 5) is 4.35. The summed E-state index contributed by atoms with van der Waals surface area (Å²) < 4.78 is 10.7. The molecule has 5 nitrogen and oxygen atoms in total. The summed E-state index contributed by atoms with van der Waals surface area (Å²) in [5.41, 5.74) is 0.751. The Morgan fingerprint density at radius 2 is 2.24 bits per heavy atom. The summed E-state index contributed by atoms with van der Waals surface area (Å²) in [6, 6.07) is 3.85. The molecule has 0 saturated heterocycles. The normalized spacial score (nSPS) is 12.0. The van der Waals surface area contributed by atoms with E-state index >= 15 is 0 Å². The van der Waals surface area contributed by atoms with Gasteiger partial charge in [0.25, 0.3) is 0 Å². The van der Waals surface area contributed by atoms with E-state index in [4.69, 9.17) is 4.74 Å². The van der Waals surface area contributed by atoms with Crippen molar-refractivity contribution in [1.82, 2.24) is 19.6 Å². The Morgan fingerprint density at radius 3 is 3.05 bits per heavy atom. The van der Waals surface area contributed by atoms with Crippen molar-refractivity contribution >= 4 is 42.9 Å². The molecule has 110 valence electrons. The zero-order chi connectivity index (χ0) is 14.7. The van der Waals surface area contributed by atoms with Gasteiger partial charge in [-0.3, -0.25) is 0 Å². The van der Waals surface area contributed by atoms with Gasteiger partial charge in [0.15, 0.2) is 15.1 Å². The number of ether oxygens (including phenoxy) is 1. The number of methoxy groups -OCH3 is 1. The molecule has 0 N–H and O–H groups in total. The first-order valence-corrected chi connectivity index (χ1v) is 10.0. The molecule has 3 aromatic rings. The number of fused-ring (bicyclic) bond motifs is 1. The van der Waals surface area contributed by atoms with E-state index in [0.29, 0.717) is 5.88 Å². The van der Waals surface area contributed by atoms with Gasteiger partial charge in [0.2, 0.25) is 26.7 Å². The first-order chi connectivity index (χ1) is 10.3. The van der Waals surface area contributed by atoms with Gasteiger partial charge < -0.3 is 4.74 Å². The van der Waals surface area contributed by atoms with Gasteiger partial charge in [0, 0.05) is 12.5 Å². The molecule has 0 aliphatic carbocycles. The second-order valence-electron chi connectivity index (χ2n) is 4.40. The van der Waals surface area contributed by atoms with E-state index in [0.717, 1.165) is 33.2 Å². The zero-order valence-electron chi connectivity index (χ0n) is 11.8. The molecule has 0 aromatic carbocycles. The highest BCUT2D eigenvalue weighted by molar-refractivity contribution is 8.45. The molecular formula is C13H15N4OS3+. The fraction of sp³-hybridized carbons (Fsp3) is 0.385. The number of aromatic nitrogens is 4. The first-order valence-electron chi connectivity index (χ1n) is 6.64. The summed E-state index contributed by atoms with van der Waals surface area (Å²) in [6.45, 7) is 2.18. The van der Waals surface area contributed by atoms with Crippen LogP contribution in [-0.2, 0) is 6.42 Å². The third kappa shape index (κ3) is 3.50. The smallest absolute Gasteiger partial charge is 0.233 e. The number of rotatable bonds is 6. The van der Waals surface area contributed by atoms with Gasteiger partial charge in [-0.05, 0) is 16.9 Å². The lowest BCUT2D eigenvalue weighted by Gasteiger charge is -1.93. The molecule has 3 heterocycles. The summed E-state index contributed by atoms with van der Waals surface area (Å²) in [5, 5.41) is 12.8. The van der Waals surface area contributed by atoms with Crippen molar-refractivity contribution in [3.63, 3.8) is 0 Å². The Morgan fingerprint density at radius 1 is 1.33 bits per heavy atom. The minimum absolute atomic E-state index is 0.271. The van der Waals surface area contributed by atoms with Gasteiger partial charge >= 0.3 is 0 Å². The Balaban J connectivity index is 1.76. The highest BCUT2D eigenvalue weighted by atomic mass is 33.1. The number of nitrogens with zero attached hydrogens (tertiary/aromatic N) is 4. The lowest BCUT2D eigenvalue weighted by molar-refractivity contribution is 0.399. The molecule has 0 bridgehead atoms. The van der Waals surface area contributed by atoms with Crippen LogP contribution in [0.3, 0.4) is 0 Å². The maximum atomic E-state index is 5.12. The highest BCUT2D eigenvalue weighted by Crippen LogP contribution is 2.40. The van der Waals surface area contributed by atoms with Crippen LogP contribution in [0.2, 0.25) is 0 Å². The van der Waals surface area contributed by atoms with E-state index in [1.165, 1.54) is 6.42 Å². The van der Waals surface area contributed by atoms with Crippen molar-refractivity contribution in [2.75, 3.05) is 7.11 Å². The van der Waals surface area contributed by atoms with Crippen LogP contribution < -0.4 is 4.74 Å². The predicted molar refractivity (Wildman–Crippen MR) is 88.3 cm³/mol. The fourth-order valence-electron chi connectivity index (χ4n) is 1.76.